The highest BCUT2D eigenvalue weighted by Gasteiger charge is 2.27. The normalized spacial score (nSPS) is 19.3. The molecule has 0 unspecified atom stereocenters. The van der Waals surface area contributed by atoms with Crippen molar-refractivity contribution in [2.24, 2.45) is 0 Å². The molecule has 1 aromatic carbocycles. The van der Waals surface area contributed by atoms with E-state index in [9.17, 15) is 4.79 Å². The standard InChI is InChI=1S/C20H21ClN4O2/c21-16-3-1-14(2-4-16)19-20(15-5-8-22-9-6-15)25(13-23-19)11-18(26)24-17-7-10-27-12-17/h1-6,8-9,17,23H,7,10-13H2,(H,24,26)/t17-/m1/s1. The molecule has 4 rings (SSSR count). The van der Waals surface area contributed by atoms with Crippen LogP contribution in [0.3, 0.4) is 0 Å². The predicted octanol–water partition coefficient (Wildman–Crippen LogP) is 2.33. The molecule has 7 heteroatoms. The highest BCUT2D eigenvalue weighted by atomic mass is 35.5. The summed E-state index contributed by atoms with van der Waals surface area (Å²) in [6, 6.07) is 11.7. The van der Waals surface area contributed by atoms with Gasteiger partial charge in [-0.2, -0.15) is 0 Å². The van der Waals surface area contributed by atoms with E-state index in [-0.39, 0.29) is 18.5 Å². The molecule has 1 saturated heterocycles. The second kappa shape index (κ2) is 7.98. The lowest BCUT2D eigenvalue weighted by molar-refractivity contribution is -0.122. The minimum Gasteiger partial charge on any atom is -0.379 e. The van der Waals surface area contributed by atoms with Gasteiger partial charge in [0.1, 0.15) is 0 Å². The van der Waals surface area contributed by atoms with E-state index in [1.807, 2.05) is 41.3 Å². The number of carbonyl (C=O) groups is 1. The van der Waals surface area contributed by atoms with Crippen LogP contribution in [-0.4, -0.2) is 48.3 Å². The van der Waals surface area contributed by atoms with Crippen LogP contribution < -0.4 is 10.6 Å². The van der Waals surface area contributed by atoms with E-state index < -0.39 is 0 Å². The maximum absolute atomic E-state index is 12.5. The van der Waals surface area contributed by atoms with Crippen molar-refractivity contribution in [3.8, 4) is 0 Å². The number of carbonyl (C=O) groups excluding carboxylic acids is 1. The number of pyridine rings is 1. The molecule has 6 nitrogen and oxygen atoms in total. The van der Waals surface area contributed by atoms with Crippen molar-refractivity contribution >= 4 is 28.9 Å². The van der Waals surface area contributed by atoms with E-state index in [1.165, 1.54) is 0 Å². The summed E-state index contributed by atoms with van der Waals surface area (Å²) in [6.07, 6.45) is 4.38. The quantitative estimate of drug-likeness (QED) is 0.828. The Balaban J connectivity index is 1.61. The number of aromatic nitrogens is 1. The first-order chi connectivity index (χ1) is 13.2. The lowest BCUT2D eigenvalue weighted by atomic mass is 10.1. The van der Waals surface area contributed by atoms with E-state index in [2.05, 4.69) is 15.6 Å². The molecule has 0 aliphatic carbocycles. The molecular formula is C20H21ClN4O2. The van der Waals surface area contributed by atoms with Crippen molar-refractivity contribution in [2.75, 3.05) is 26.4 Å². The van der Waals surface area contributed by atoms with Gasteiger partial charge in [0.05, 0.1) is 37.3 Å². The number of nitrogens with one attached hydrogen (secondary N) is 2. The molecular weight excluding hydrogens is 364 g/mol. The number of ether oxygens (including phenoxy) is 1. The van der Waals surface area contributed by atoms with Crippen molar-refractivity contribution in [2.45, 2.75) is 12.5 Å². The van der Waals surface area contributed by atoms with Gasteiger partial charge in [0, 0.05) is 29.6 Å². The Bertz CT molecular complexity index is 833. The van der Waals surface area contributed by atoms with E-state index >= 15 is 0 Å². The molecule has 2 aromatic rings. The summed E-state index contributed by atoms with van der Waals surface area (Å²) in [4.78, 5) is 18.7. The zero-order valence-corrected chi connectivity index (χ0v) is 15.6. The van der Waals surface area contributed by atoms with Crippen LogP contribution in [0.5, 0.6) is 0 Å². The Hall–Kier alpha value is -2.57. The Kier molecular flexibility index (Phi) is 5.27. The number of hydrogen-bond acceptors (Lipinski definition) is 5. The average molecular weight is 385 g/mol. The van der Waals surface area contributed by atoms with Crippen molar-refractivity contribution in [1.82, 2.24) is 20.5 Å². The fourth-order valence-corrected chi connectivity index (χ4v) is 3.54. The second-order valence-corrected chi connectivity index (χ2v) is 7.06. The molecule has 27 heavy (non-hydrogen) atoms. The van der Waals surface area contributed by atoms with Gasteiger partial charge in [0.15, 0.2) is 0 Å². The third-order valence-electron chi connectivity index (χ3n) is 4.72. The van der Waals surface area contributed by atoms with Crippen LogP contribution in [0.2, 0.25) is 5.02 Å². The number of benzene rings is 1. The van der Waals surface area contributed by atoms with Crippen LogP contribution in [0.4, 0.5) is 0 Å². The molecule has 3 heterocycles. The van der Waals surface area contributed by atoms with Gasteiger partial charge < -0.3 is 20.3 Å². The number of hydrogen-bond donors (Lipinski definition) is 2. The highest BCUT2D eigenvalue weighted by molar-refractivity contribution is 6.30. The zero-order valence-electron chi connectivity index (χ0n) is 14.8. The summed E-state index contributed by atoms with van der Waals surface area (Å²) in [5.41, 5.74) is 4.00. The first kappa shape index (κ1) is 17.8. The van der Waals surface area contributed by atoms with E-state index in [1.54, 1.807) is 12.4 Å². The van der Waals surface area contributed by atoms with Gasteiger partial charge in [-0.25, -0.2) is 0 Å². The fraction of sp³-hybridized carbons (Fsp3) is 0.300. The molecule has 1 fully saturated rings. The summed E-state index contributed by atoms with van der Waals surface area (Å²) < 4.78 is 5.34. The average Bonchev–Trinajstić information content (AvgIpc) is 3.33. The van der Waals surface area contributed by atoms with Crippen LogP contribution in [0.25, 0.3) is 11.4 Å². The first-order valence-electron chi connectivity index (χ1n) is 8.97. The van der Waals surface area contributed by atoms with Gasteiger partial charge in [-0.15, -0.1) is 0 Å². The topological polar surface area (TPSA) is 66.5 Å². The molecule has 0 radical (unpaired) electrons. The largest absolute Gasteiger partial charge is 0.379 e. The number of rotatable bonds is 5. The van der Waals surface area contributed by atoms with Crippen molar-refractivity contribution < 1.29 is 9.53 Å². The van der Waals surface area contributed by atoms with Gasteiger partial charge in [0.2, 0.25) is 5.91 Å². The molecule has 1 aromatic heterocycles. The number of halogens is 1. The van der Waals surface area contributed by atoms with Crippen LogP contribution in [0.15, 0.2) is 48.8 Å². The van der Waals surface area contributed by atoms with Gasteiger partial charge in [-0.05, 0) is 36.2 Å². The summed E-state index contributed by atoms with van der Waals surface area (Å²) in [6.45, 7) is 2.13. The van der Waals surface area contributed by atoms with Crippen molar-refractivity contribution in [3.63, 3.8) is 0 Å². The van der Waals surface area contributed by atoms with Crippen LogP contribution >= 0.6 is 11.6 Å². The van der Waals surface area contributed by atoms with Crippen molar-refractivity contribution in [1.29, 1.82) is 0 Å². The Labute approximate surface area is 163 Å². The summed E-state index contributed by atoms with van der Waals surface area (Å²) in [7, 11) is 0. The van der Waals surface area contributed by atoms with Gasteiger partial charge >= 0.3 is 0 Å². The molecule has 140 valence electrons. The van der Waals surface area contributed by atoms with Gasteiger partial charge in [-0.1, -0.05) is 23.7 Å². The number of nitrogens with zero attached hydrogens (tertiary/aromatic N) is 2. The molecule has 1 atom stereocenters. The minimum absolute atomic E-state index is 0.00351. The van der Waals surface area contributed by atoms with Gasteiger partial charge in [-0.3, -0.25) is 9.78 Å². The van der Waals surface area contributed by atoms with E-state index in [4.69, 9.17) is 16.3 Å². The molecule has 1 amide bonds. The van der Waals surface area contributed by atoms with Crippen molar-refractivity contribution in [3.05, 3.63) is 64.9 Å². The lowest BCUT2D eigenvalue weighted by Crippen LogP contribution is -2.42. The Morgan fingerprint density at radius 2 is 2.00 bits per heavy atom. The third-order valence-corrected chi connectivity index (χ3v) is 4.97. The lowest BCUT2D eigenvalue weighted by Gasteiger charge is -2.22. The molecule has 0 saturated carbocycles. The third kappa shape index (κ3) is 4.07. The molecule has 0 spiro atoms. The first-order valence-corrected chi connectivity index (χ1v) is 9.35. The molecule has 0 bridgehead atoms. The Morgan fingerprint density at radius 1 is 1.22 bits per heavy atom. The van der Waals surface area contributed by atoms with Crippen LogP contribution in [-0.2, 0) is 9.53 Å². The molecule has 2 N–H and O–H groups in total. The minimum atomic E-state index is -0.00351. The second-order valence-electron chi connectivity index (χ2n) is 6.63. The molecule has 2 aliphatic rings. The summed E-state index contributed by atoms with van der Waals surface area (Å²) in [5, 5.41) is 7.17. The fourth-order valence-electron chi connectivity index (χ4n) is 3.42. The zero-order chi connectivity index (χ0) is 18.6. The van der Waals surface area contributed by atoms with Crippen LogP contribution in [0, 0.1) is 0 Å². The van der Waals surface area contributed by atoms with Crippen LogP contribution in [0.1, 0.15) is 17.5 Å². The highest BCUT2D eigenvalue weighted by Crippen LogP contribution is 2.31. The SMILES string of the molecule is O=C(CN1CNC(c2ccc(Cl)cc2)=C1c1ccncc1)N[C@@H]1CCOC1. The summed E-state index contributed by atoms with van der Waals surface area (Å²) in [5.74, 6) is -0.00351. The van der Waals surface area contributed by atoms with E-state index in [0.29, 0.717) is 24.9 Å². The number of amides is 1. The maximum Gasteiger partial charge on any atom is 0.239 e. The predicted molar refractivity (Wildman–Crippen MR) is 105 cm³/mol. The Morgan fingerprint density at radius 3 is 2.70 bits per heavy atom. The smallest absolute Gasteiger partial charge is 0.239 e. The van der Waals surface area contributed by atoms with E-state index in [0.717, 1.165) is 28.9 Å². The summed E-state index contributed by atoms with van der Waals surface area (Å²) >= 11 is 6.03. The maximum atomic E-state index is 12.5. The molecule has 2 aliphatic heterocycles. The van der Waals surface area contributed by atoms with Gasteiger partial charge in [0.25, 0.3) is 0 Å². The monoisotopic (exact) mass is 384 g/mol.